The number of hydrogen-bond acceptors (Lipinski definition) is 4. The van der Waals surface area contributed by atoms with Crippen LogP contribution < -0.4 is 10.0 Å². The summed E-state index contributed by atoms with van der Waals surface area (Å²) in [4.78, 5) is 12.3. The van der Waals surface area contributed by atoms with Gasteiger partial charge in [-0.3, -0.25) is 9.52 Å². The van der Waals surface area contributed by atoms with Crippen molar-refractivity contribution in [2.24, 2.45) is 0 Å². The molecule has 8 heteroatoms. The number of rotatable bonds is 9. The second-order valence-electron chi connectivity index (χ2n) is 7.36. The molecule has 0 aliphatic carbocycles. The van der Waals surface area contributed by atoms with Crippen LogP contribution in [0.5, 0.6) is 0 Å². The minimum atomic E-state index is -3.99. The highest BCUT2D eigenvalue weighted by Gasteiger charge is 2.21. The Morgan fingerprint density at radius 2 is 1.75 bits per heavy atom. The number of carbonyl (C=O) groups excluding carboxylic acids is 1. The summed E-state index contributed by atoms with van der Waals surface area (Å²) < 4.78 is 34.0. The first kappa shape index (κ1) is 23.8. The lowest BCUT2D eigenvalue weighted by Gasteiger charge is -2.13. The molecule has 0 aliphatic rings. The Balaban J connectivity index is 1.63. The fraction of sp³-hybridized carbons (Fsp3) is 0.208. The van der Waals surface area contributed by atoms with Crippen LogP contribution in [-0.4, -0.2) is 27.5 Å². The zero-order valence-corrected chi connectivity index (χ0v) is 19.5. The van der Waals surface area contributed by atoms with E-state index in [0.717, 1.165) is 16.7 Å². The third-order valence-corrected chi connectivity index (χ3v) is 6.61. The summed E-state index contributed by atoms with van der Waals surface area (Å²) in [7, 11) is -3.99. The maximum Gasteiger partial charge on any atom is 0.263 e. The second-order valence-corrected chi connectivity index (χ2v) is 9.42. The largest absolute Gasteiger partial charge is 0.375 e. The number of sulfonamides is 1. The van der Waals surface area contributed by atoms with Gasteiger partial charge in [0.2, 0.25) is 0 Å². The molecule has 2 N–H and O–H groups in total. The molecule has 0 bridgehead atoms. The van der Waals surface area contributed by atoms with Crippen molar-refractivity contribution < 1.29 is 17.9 Å². The zero-order chi connectivity index (χ0) is 23.1. The van der Waals surface area contributed by atoms with Gasteiger partial charge in [-0.15, -0.1) is 0 Å². The highest BCUT2D eigenvalue weighted by atomic mass is 35.5. The molecule has 0 spiro atoms. The van der Waals surface area contributed by atoms with Gasteiger partial charge in [0, 0.05) is 12.1 Å². The van der Waals surface area contributed by atoms with Gasteiger partial charge < -0.3 is 10.1 Å². The number of halogens is 1. The van der Waals surface area contributed by atoms with Crippen molar-refractivity contribution in [3.63, 3.8) is 0 Å². The Bertz CT molecular complexity index is 1200. The molecule has 32 heavy (non-hydrogen) atoms. The molecule has 0 atom stereocenters. The summed E-state index contributed by atoms with van der Waals surface area (Å²) in [5, 5.41) is 2.76. The van der Waals surface area contributed by atoms with Gasteiger partial charge in [0.05, 0.1) is 23.9 Å². The topological polar surface area (TPSA) is 84.5 Å². The van der Waals surface area contributed by atoms with Crippen molar-refractivity contribution in [2.45, 2.75) is 25.3 Å². The summed E-state index contributed by atoms with van der Waals surface area (Å²) in [6.45, 7) is 4.75. The Hall–Kier alpha value is -2.87. The molecule has 0 radical (unpaired) electrons. The molecule has 0 aliphatic heterocycles. The van der Waals surface area contributed by atoms with Gasteiger partial charge in [-0.2, -0.15) is 0 Å². The number of hydrogen-bond donors (Lipinski definition) is 2. The van der Waals surface area contributed by atoms with Gasteiger partial charge in [-0.1, -0.05) is 54.1 Å². The molecule has 3 aromatic rings. The molecule has 1 amide bonds. The van der Waals surface area contributed by atoms with Gasteiger partial charge in [0.25, 0.3) is 15.9 Å². The minimum absolute atomic E-state index is 0.0329. The van der Waals surface area contributed by atoms with Gasteiger partial charge in [0.15, 0.2) is 0 Å². The zero-order valence-electron chi connectivity index (χ0n) is 17.9. The van der Waals surface area contributed by atoms with Crippen molar-refractivity contribution in [1.82, 2.24) is 5.32 Å². The Morgan fingerprint density at radius 3 is 2.50 bits per heavy atom. The number of ether oxygens (including phenoxy) is 1. The van der Waals surface area contributed by atoms with E-state index in [4.69, 9.17) is 16.3 Å². The number of aryl methyl sites for hydroxylation is 2. The van der Waals surface area contributed by atoms with E-state index in [2.05, 4.69) is 10.0 Å². The van der Waals surface area contributed by atoms with Crippen LogP contribution >= 0.6 is 11.6 Å². The summed E-state index contributed by atoms with van der Waals surface area (Å²) in [6.07, 6.45) is 0. The first-order valence-electron chi connectivity index (χ1n) is 10.1. The maximum atomic E-state index is 12.9. The van der Waals surface area contributed by atoms with Gasteiger partial charge in [-0.25, -0.2) is 8.42 Å². The highest BCUT2D eigenvalue weighted by Crippen LogP contribution is 2.26. The average Bonchev–Trinajstić information content (AvgIpc) is 2.76. The number of carbonyl (C=O) groups is 1. The van der Waals surface area contributed by atoms with Crippen LogP contribution in [0.2, 0.25) is 5.02 Å². The fourth-order valence-electron chi connectivity index (χ4n) is 3.00. The molecule has 3 aromatic carbocycles. The van der Waals surface area contributed by atoms with Gasteiger partial charge in [0.1, 0.15) is 4.90 Å². The maximum absolute atomic E-state index is 12.9. The molecule has 0 saturated heterocycles. The fourth-order valence-corrected chi connectivity index (χ4v) is 4.65. The third kappa shape index (κ3) is 6.32. The second kappa shape index (κ2) is 10.6. The van der Waals surface area contributed by atoms with Crippen LogP contribution in [0.25, 0.3) is 0 Å². The smallest absolute Gasteiger partial charge is 0.263 e. The van der Waals surface area contributed by atoms with Crippen LogP contribution in [0.15, 0.2) is 71.6 Å². The summed E-state index contributed by atoms with van der Waals surface area (Å²) >= 11 is 6.16. The van der Waals surface area contributed by atoms with E-state index in [9.17, 15) is 13.2 Å². The lowest BCUT2D eigenvalue weighted by atomic mass is 10.1. The molecule has 0 saturated carbocycles. The number of amides is 1. The van der Waals surface area contributed by atoms with Crippen molar-refractivity contribution >= 4 is 33.2 Å². The molecule has 3 rings (SSSR count). The monoisotopic (exact) mass is 472 g/mol. The molecule has 168 valence electrons. The van der Waals surface area contributed by atoms with Gasteiger partial charge in [-0.05, 0) is 54.8 Å². The van der Waals surface area contributed by atoms with Crippen molar-refractivity contribution in [3.05, 3.63) is 94.0 Å². The van der Waals surface area contributed by atoms with Crippen LogP contribution in [0.3, 0.4) is 0 Å². The molecule has 6 nitrogen and oxygen atoms in total. The van der Waals surface area contributed by atoms with Crippen molar-refractivity contribution in [1.29, 1.82) is 0 Å². The SMILES string of the molecule is Cc1ccc(C)c(NS(=O)(=O)c2cc(C(=O)NCCOCc3ccccc3)ccc2Cl)c1. The lowest BCUT2D eigenvalue weighted by Crippen LogP contribution is -2.27. The van der Waals surface area contributed by atoms with E-state index in [-0.39, 0.29) is 22.0 Å². The standard InChI is InChI=1S/C24H25ClN2O4S/c1-17-8-9-18(2)22(14-17)27-32(29,30)23-15-20(10-11-21(23)25)24(28)26-12-13-31-16-19-6-4-3-5-7-19/h3-11,14-15,27H,12-13,16H2,1-2H3,(H,26,28). The lowest BCUT2D eigenvalue weighted by molar-refractivity contribution is 0.0900. The quantitative estimate of drug-likeness (QED) is 0.442. The van der Waals surface area contributed by atoms with Gasteiger partial charge >= 0.3 is 0 Å². The van der Waals surface area contributed by atoms with E-state index in [1.165, 1.54) is 18.2 Å². The molecule has 0 unspecified atom stereocenters. The Labute approximate surface area is 193 Å². The number of nitrogens with one attached hydrogen (secondary N) is 2. The van der Waals surface area contributed by atoms with Crippen molar-refractivity contribution in [2.75, 3.05) is 17.9 Å². The van der Waals surface area contributed by atoms with E-state index in [0.29, 0.717) is 18.9 Å². The molecule has 0 fully saturated rings. The number of anilines is 1. The summed E-state index contributed by atoms with van der Waals surface area (Å²) in [5.74, 6) is -0.409. The predicted octanol–water partition coefficient (Wildman–Crippen LogP) is 4.70. The normalized spacial score (nSPS) is 11.2. The predicted molar refractivity (Wildman–Crippen MR) is 127 cm³/mol. The number of benzene rings is 3. The van der Waals surface area contributed by atoms with E-state index in [1.54, 1.807) is 6.07 Å². The van der Waals surface area contributed by atoms with Crippen LogP contribution in [-0.2, 0) is 21.4 Å². The molecular weight excluding hydrogens is 448 g/mol. The van der Waals surface area contributed by atoms with E-state index >= 15 is 0 Å². The van der Waals surface area contributed by atoms with Crippen LogP contribution in [0, 0.1) is 13.8 Å². The first-order valence-corrected chi connectivity index (χ1v) is 11.9. The summed E-state index contributed by atoms with van der Waals surface area (Å²) in [6, 6.07) is 19.3. The van der Waals surface area contributed by atoms with Crippen molar-refractivity contribution in [3.8, 4) is 0 Å². The Kier molecular flexibility index (Phi) is 7.90. The first-order chi connectivity index (χ1) is 15.3. The molecule has 0 aromatic heterocycles. The molecular formula is C24H25ClN2O4S. The highest BCUT2D eigenvalue weighted by molar-refractivity contribution is 7.92. The van der Waals surface area contributed by atoms with Crippen LogP contribution in [0.4, 0.5) is 5.69 Å². The Morgan fingerprint density at radius 1 is 1.00 bits per heavy atom. The van der Waals surface area contributed by atoms with E-state index in [1.807, 2.05) is 56.3 Å². The third-order valence-electron chi connectivity index (χ3n) is 4.76. The average molecular weight is 473 g/mol. The molecule has 0 heterocycles. The summed E-state index contributed by atoms with van der Waals surface area (Å²) in [5.41, 5.74) is 3.40. The minimum Gasteiger partial charge on any atom is -0.375 e. The van der Waals surface area contributed by atoms with Crippen LogP contribution in [0.1, 0.15) is 27.0 Å². The van der Waals surface area contributed by atoms with E-state index < -0.39 is 15.9 Å².